The number of alkyl halides is 6. The maximum Gasteiger partial charge on any atom is 0.416 e. The highest BCUT2D eigenvalue weighted by molar-refractivity contribution is 5.76. The van der Waals surface area contributed by atoms with Crippen LogP contribution in [0.3, 0.4) is 0 Å². The average Bonchev–Trinajstić information content (AvgIpc) is 2.86. The van der Waals surface area contributed by atoms with E-state index in [1.807, 2.05) is 0 Å². The molecule has 1 heterocycles. The first-order valence-corrected chi connectivity index (χ1v) is 12.6. The zero-order valence-corrected chi connectivity index (χ0v) is 22.5. The largest absolute Gasteiger partial charge is 0.530 e. The Labute approximate surface area is 232 Å². The summed E-state index contributed by atoms with van der Waals surface area (Å²) in [6, 6.07) is 2.24. The molecular formula is C28H29F7N3O3-. The molecule has 13 heteroatoms. The highest BCUT2D eigenvalue weighted by Crippen LogP contribution is 2.42. The van der Waals surface area contributed by atoms with Gasteiger partial charge in [-0.3, -0.25) is 0 Å². The second-order valence-corrected chi connectivity index (χ2v) is 10.3. The van der Waals surface area contributed by atoms with E-state index in [0.29, 0.717) is 23.3 Å². The Morgan fingerprint density at radius 3 is 2.22 bits per heavy atom. The summed E-state index contributed by atoms with van der Waals surface area (Å²) in [5, 5.41) is 13.9. The van der Waals surface area contributed by atoms with Crippen molar-refractivity contribution in [3.05, 3.63) is 82.7 Å². The molecule has 1 aliphatic heterocycles. The van der Waals surface area contributed by atoms with E-state index in [0.717, 1.165) is 4.90 Å². The molecular weight excluding hydrogens is 559 g/mol. The van der Waals surface area contributed by atoms with Crippen LogP contribution in [0, 0.1) is 12.7 Å². The predicted molar refractivity (Wildman–Crippen MR) is 134 cm³/mol. The van der Waals surface area contributed by atoms with Gasteiger partial charge in [-0.1, -0.05) is 12.1 Å². The molecule has 1 N–H and O–H groups in total. The molecule has 3 atom stereocenters. The van der Waals surface area contributed by atoms with Crippen LogP contribution >= 0.6 is 0 Å². The number of rotatable bonds is 6. The number of piperidine rings is 1. The van der Waals surface area contributed by atoms with E-state index in [1.54, 1.807) is 6.92 Å². The summed E-state index contributed by atoms with van der Waals surface area (Å²) < 4.78 is 94.5. The van der Waals surface area contributed by atoms with Crippen LogP contribution in [0.4, 0.5) is 40.3 Å². The molecule has 0 spiro atoms. The number of urea groups is 1. The van der Waals surface area contributed by atoms with Crippen molar-refractivity contribution in [3.8, 4) is 0 Å². The van der Waals surface area contributed by atoms with Crippen molar-refractivity contribution in [1.82, 2.24) is 15.1 Å². The molecule has 41 heavy (non-hydrogen) atoms. The molecule has 0 saturated carbocycles. The van der Waals surface area contributed by atoms with Gasteiger partial charge in [0.1, 0.15) is 11.9 Å². The monoisotopic (exact) mass is 588 g/mol. The number of hydrogen-bond donors (Lipinski definition) is 1. The Balaban J connectivity index is 2.04. The van der Waals surface area contributed by atoms with Gasteiger partial charge in [0.25, 0.3) is 0 Å². The van der Waals surface area contributed by atoms with E-state index >= 15 is 0 Å². The highest BCUT2D eigenvalue weighted by Gasteiger charge is 2.44. The molecule has 3 rings (SSSR count). The minimum atomic E-state index is -5.06. The normalized spacial score (nSPS) is 20.3. The average molecular weight is 589 g/mol. The highest BCUT2D eigenvalue weighted by atomic mass is 19.4. The molecule has 0 bridgehead atoms. The van der Waals surface area contributed by atoms with Crippen molar-refractivity contribution in [3.63, 3.8) is 0 Å². The number of benzene rings is 2. The number of halogens is 7. The third-order valence-electron chi connectivity index (χ3n) is 7.51. The van der Waals surface area contributed by atoms with Gasteiger partial charge in [-0.05, 0) is 80.1 Å². The van der Waals surface area contributed by atoms with Crippen molar-refractivity contribution >= 4 is 12.1 Å². The van der Waals surface area contributed by atoms with Crippen LogP contribution in [0.1, 0.15) is 66.1 Å². The molecule has 0 radical (unpaired) electrons. The third kappa shape index (κ3) is 7.12. The molecule has 1 fully saturated rings. The summed E-state index contributed by atoms with van der Waals surface area (Å²) in [5.41, 5.74) is -3.53. The van der Waals surface area contributed by atoms with Crippen LogP contribution in [0.25, 0.3) is 0 Å². The number of amides is 3. The lowest BCUT2D eigenvalue weighted by atomic mass is 9.77. The van der Waals surface area contributed by atoms with E-state index in [4.69, 9.17) is 0 Å². The molecule has 6 nitrogen and oxygen atoms in total. The summed E-state index contributed by atoms with van der Waals surface area (Å²) in [6.07, 6.45) is -9.85. The van der Waals surface area contributed by atoms with Gasteiger partial charge in [-0.15, -0.1) is 6.58 Å². The van der Waals surface area contributed by atoms with Gasteiger partial charge in [0.15, 0.2) is 0 Å². The van der Waals surface area contributed by atoms with Crippen molar-refractivity contribution < 1.29 is 45.4 Å². The lowest BCUT2D eigenvalue weighted by Crippen LogP contribution is -2.60. The molecule has 0 unspecified atom stereocenters. The van der Waals surface area contributed by atoms with Crippen LogP contribution < -0.4 is 10.4 Å². The number of aryl methyl sites for hydroxylation is 1. The molecule has 2 aromatic carbocycles. The smallest absolute Gasteiger partial charge is 0.416 e. The van der Waals surface area contributed by atoms with Gasteiger partial charge < -0.3 is 25.0 Å². The first-order chi connectivity index (χ1) is 18.9. The van der Waals surface area contributed by atoms with Crippen LogP contribution in [0.5, 0.6) is 0 Å². The molecule has 0 aliphatic carbocycles. The molecule has 1 saturated heterocycles. The van der Waals surface area contributed by atoms with Gasteiger partial charge in [-0.2, -0.15) is 26.3 Å². The fourth-order valence-corrected chi connectivity index (χ4v) is 5.25. The molecule has 3 amide bonds. The minimum Gasteiger partial charge on any atom is -0.530 e. The van der Waals surface area contributed by atoms with Gasteiger partial charge in [0.05, 0.1) is 23.2 Å². The molecule has 2 aromatic rings. The third-order valence-corrected chi connectivity index (χ3v) is 7.51. The number of likely N-dealkylation sites (tertiary alicyclic amines) is 1. The Hall–Kier alpha value is -3.77. The van der Waals surface area contributed by atoms with Gasteiger partial charge in [-0.25, -0.2) is 9.18 Å². The quantitative estimate of drug-likeness (QED) is 0.315. The second kappa shape index (κ2) is 11.6. The minimum absolute atomic E-state index is 0.0134. The molecule has 0 aromatic heterocycles. The SMILES string of the molecule is C=CC[C@]1(NC(=O)[O-])CCN(C(=O)N(C)[C@H](C)c2cc(C(F)(F)F)cc(C(F)(F)F)c2)[C@@H](c2ccc(F)cc2C)C1. The Morgan fingerprint density at radius 2 is 1.73 bits per heavy atom. The van der Waals surface area contributed by atoms with Crippen LogP contribution in [-0.2, 0) is 12.4 Å². The number of carbonyl (C=O) groups excluding carboxylic acids is 2. The fourth-order valence-electron chi connectivity index (χ4n) is 5.25. The summed E-state index contributed by atoms with van der Waals surface area (Å²) in [5.74, 6) is -0.541. The van der Waals surface area contributed by atoms with Gasteiger partial charge in [0, 0.05) is 19.1 Å². The second-order valence-electron chi connectivity index (χ2n) is 10.3. The van der Waals surface area contributed by atoms with Crippen molar-refractivity contribution in [1.29, 1.82) is 0 Å². The maximum atomic E-state index is 13.9. The molecule has 224 valence electrons. The van der Waals surface area contributed by atoms with Gasteiger partial charge >= 0.3 is 18.4 Å². The first kappa shape index (κ1) is 31.8. The number of hydrogen-bond acceptors (Lipinski definition) is 3. The standard InChI is InChI=1S/C28H30F7N3O3/c1-5-8-26(36-24(39)40)9-10-38(23(15-26)22-7-6-21(29)11-16(22)2)25(41)37(4)17(3)18-12-19(27(30,31)32)14-20(13-18)28(33,34)35/h5-7,11-14,17,23,36H,1,8-10,15H2,2-4H3,(H,39,40)/p-1/t17-,23-,26+/m1/s1. The summed E-state index contributed by atoms with van der Waals surface area (Å²) in [4.78, 5) is 27.7. The molecule has 1 aliphatic rings. The zero-order chi connectivity index (χ0) is 30.9. The predicted octanol–water partition coefficient (Wildman–Crippen LogP) is 6.37. The lowest BCUT2D eigenvalue weighted by molar-refractivity contribution is -0.253. The van der Waals surface area contributed by atoms with Gasteiger partial charge in [0.2, 0.25) is 0 Å². The first-order valence-electron chi connectivity index (χ1n) is 12.6. The van der Waals surface area contributed by atoms with E-state index in [1.165, 1.54) is 43.1 Å². The van der Waals surface area contributed by atoms with E-state index in [2.05, 4.69) is 11.9 Å². The lowest BCUT2D eigenvalue weighted by Gasteiger charge is -2.49. The topological polar surface area (TPSA) is 75.7 Å². The van der Waals surface area contributed by atoms with E-state index in [-0.39, 0.29) is 37.4 Å². The van der Waals surface area contributed by atoms with E-state index < -0.39 is 59.0 Å². The number of nitrogens with one attached hydrogen (secondary N) is 1. The maximum absolute atomic E-state index is 13.9. The summed E-state index contributed by atoms with van der Waals surface area (Å²) in [7, 11) is 1.25. The number of nitrogens with zero attached hydrogens (tertiary/aromatic N) is 2. The van der Waals surface area contributed by atoms with Crippen molar-refractivity contribution in [2.24, 2.45) is 0 Å². The summed E-state index contributed by atoms with van der Waals surface area (Å²) in [6.45, 7) is 6.53. The van der Waals surface area contributed by atoms with Crippen LogP contribution in [0.2, 0.25) is 0 Å². The van der Waals surface area contributed by atoms with Crippen LogP contribution in [-0.4, -0.2) is 41.1 Å². The Kier molecular flexibility index (Phi) is 8.99. The fraction of sp³-hybridized carbons (Fsp3) is 0.429. The van der Waals surface area contributed by atoms with Crippen molar-refractivity contribution in [2.75, 3.05) is 13.6 Å². The van der Waals surface area contributed by atoms with Crippen molar-refractivity contribution in [2.45, 2.75) is 63.1 Å². The zero-order valence-electron chi connectivity index (χ0n) is 22.5. The summed E-state index contributed by atoms with van der Waals surface area (Å²) >= 11 is 0. The Morgan fingerprint density at radius 1 is 1.15 bits per heavy atom. The number of carbonyl (C=O) groups is 2. The Bertz CT molecular complexity index is 1280. The van der Waals surface area contributed by atoms with Crippen LogP contribution in [0.15, 0.2) is 49.1 Å². The van der Waals surface area contributed by atoms with E-state index in [9.17, 15) is 45.4 Å². The number of carboxylic acid groups (broad SMARTS) is 1.